The third-order valence-electron chi connectivity index (χ3n) is 3.94. The number of hydrogen-bond acceptors (Lipinski definition) is 2. The van der Waals surface area contributed by atoms with E-state index in [-0.39, 0.29) is 24.4 Å². The minimum atomic E-state index is -4.48. The zero-order valence-electron chi connectivity index (χ0n) is 11.9. The minimum Gasteiger partial charge on any atom is -0.288 e. The van der Waals surface area contributed by atoms with E-state index < -0.39 is 12.2 Å². The molecule has 1 N–H and O–H groups in total. The molecule has 1 unspecified atom stereocenters. The van der Waals surface area contributed by atoms with Crippen LogP contribution in [0.4, 0.5) is 13.2 Å². The molecule has 1 atom stereocenters. The lowest BCUT2D eigenvalue weighted by atomic mass is 9.95. The number of hydrogen-bond donors (Lipinski definition) is 1. The van der Waals surface area contributed by atoms with Gasteiger partial charge in [0.2, 0.25) is 5.91 Å². The standard InChI is InChI=1S/C16H15F3N2O/c1-10-4-2-6-12-11(10)5-3-7-13(12)15(16(17,18)19)21-9-8-14(22)20-21/h2-7,15H,8-9H2,1H3,(H,20,22). The van der Waals surface area contributed by atoms with Gasteiger partial charge in [-0.15, -0.1) is 0 Å². The number of carbonyl (C=O) groups is 1. The predicted octanol–water partition coefficient (Wildman–Crippen LogP) is 3.49. The van der Waals surface area contributed by atoms with Crippen LogP contribution in [-0.4, -0.2) is 23.6 Å². The molecular weight excluding hydrogens is 293 g/mol. The molecule has 6 heteroatoms. The number of benzene rings is 2. The number of amides is 1. The average molecular weight is 308 g/mol. The van der Waals surface area contributed by atoms with E-state index in [0.29, 0.717) is 5.39 Å². The largest absolute Gasteiger partial charge is 0.409 e. The second kappa shape index (κ2) is 5.28. The molecule has 116 valence electrons. The second-order valence-electron chi connectivity index (χ2n) is 5.44. The average Bonchev–Trinajstić information content (AvgIpc) is 2.85. The molecule has 2 aromatic carbocycles. The lowest BCUT2D eigenvalue weighted by molar-refractivity contribution is -0.190. The highest BCUT2D eigenvalue weighted by atomic mass is 19.4. The van der Waals surface area contributed by atoms with Crippen LogP contribution in [0, 0.1) is 6.92 Å². The molecule has 0 saturated carbocycles. The number of fused-ring (bicyclic) bond motifs is 1. The van der Waals surface area contributed by atoms with Crippen molar-refractivity contribution in [3.05, 3.63) is 47.5 Å². The summed E-state index contributed by atoms with van der Waals surface area (Å²) >= 11 is 0. The Bertz CT molecular complexity index is 727. The lowest BCUT2D eigenvalue weighted by Gasteiger charge is -2.30. The Balaban J connectivity index is 2.17. The van der Waals surface area contributed by atoms with E-state index in [0.717, 1.165) is 16.0 Å². The highest BCUT2D eigenvalue weighted by Crippen LogP contribution is 2.40. The van der Waals surface area contributed by atoms with Gasteiger partial charge in [0.1, 0.15) is 0 Å². The number of alkyl halides is 3. The summed E-state index contributed by atoms with van der Waals surface area (Å²) < 4.78 is 40.9. The van der Waals surface area contributed by atoms with Crippen LogP contribution < -0.4 is 5.43 Å². The Morgan fingerprint density at radius 3 is 2.45 bits per heavy atom. The van der Waals surface area contributed by atoms with Gasteiger partial charge in [-0.2, -0.15) is 13.2 Å². The Kier molecular flexibility index (Phi) is 3.56. The van der Waals surface area contributed by atoms with Gasteiger partial charge in [0.15, 0.2) is 6.04 Å². The maximum absolute atomic E-state index is 13.6. The quantitative estimate of drug-likeness (QED) is 0.921. The molecule has 1 fully saturated rings. The Morgan fingerprint density at radius 1 is 1.14 bits per heavy atom. The van der Waals surface area contributed by atoms with Crippen molar-refractivity contribution in [2.75, 3.05) is 6.54 Å². The lowest BCUT2D eigenvalue weighted by Crippen LogP contribution is -2.43. The third kappa shape index (κ3) is 2.54. The monoisotopic (exact) mass is 308 g/mol. The predicted molar refractivity (Wildman–Crippen MR) is 76.9 cm³/mol. The first-order valence-electron chi connectivity index (χ1n) is 6.99. The highest BCUT2D eigenvalue weighted by Gasteiger charge is 2.47. The number of nitrogens with zero attached hydrogens (tertiary/aromatic N) is 1. The molecule has 1 aliphatic heterocycles. The Hall–Kier alpha value is -2.08. The van der Waals surface area contributed by atoms with E-state index in [1.165, 1.54) is 6.07 Å². The van der Waals surface area contributed by atoms with Crippen LogP contribution in [0.5, 0.6) is 0 Å². The molecule has 3 rings (SSSR count). The number of halogens is 3. The van der Waals surface area contributed by atoms with Gasteiger partial charge in [-0.3, -0.25) is 10.2 Å². The smallest absolute Gasteiger partial charge is 0.288 e. The maximum Gasteiger partial charge on any atom is 0.409 e. The van der Waals surface area contributed by atoms with Crippen molar-refractivity contribution < 1.29 is 18.0 Å². The van der Waals surface area contributed by atoms with Gasteiger partial charge in [0.05, 0.1) is 0 Å². The van der Waals surface area contributed by atoms with Gasteiger partial charge in [-0.05, 0) is 28.8 Å². The van der Waals surface area contributed by atoms with Crippen LogP contribution in [-0.2, 0) is 4.79 Å². The molecule has 0 spiro atoms. The summed E-state index contributed by atoms with van der Waals surface area (Å²) in [6.07, 6.45) is -4.40. The molecule has 1 saturated heterocycles. The van der Waals surface area contributed by atoms with Crippen LogP contribution in [0.1, 0.15) is 23.6 Å². The van der Waals surface area contributed by atoms with E-state index in [1.807, 2.05) is 19.1 Å². The summed E-state index contributed by atoms with van der Waals surface area (Å²) in [5.74, 6) is -0.384. The Labute approximate surface area is 125 Å². The summed E-state index contributed by atoms with van der Waals surface area (Å²) in [7, 11) is 0. The van der Waals surface area contributed by atoms with E-state index in [4.69, 9.17) is 0 Å². The highest BCUT2D eigenvalue weighted by molar-refractivity contribution is 5.89. The van der Waals surface area contributed by atoms with Crippen LogP contribution in [0.15, 0.2) is 36.4 Å². The molecule has 3 nitrogen and oxygen atoms in total. The summed E-state index contributed by atoms with van der Waals surface area (Å²) in [6, 6.07) is 8.37. The molecule has 0 radical (unpaired) electrons. The summed E-state index contributed by atoms with van der Waals surface area (Å²) in [5, 5.41) is 2.34. The first-order chi connectivity index (χ1) is 10.4. The Morgan fingerprint density at radius 2 is 1.82 bits per heavy atom. The van der Waals surface area contributed by atoms with E-state index >= 15 is 0 Å². The first-order valence-corrected chi connectivity index (χ1v) is 6.99. The van der Waals surface area contributed by atoms with Crippen molar-refractivity contribution in [2.24, 2.45) is 0 Å². The van der Waals surface area contributed by atoms with Crippen molar-refractivity contribution in [2.45, 2.75) is 25.6 Å². The fourth-order valence-electron chi connectivity index (χ4n) is 2.94. The van der Waals surface area contributed by atoms with Gasteiger partial charge in [0, 0.05) is 13.0 Å². The number of rotatable bonds is 2. The van der Waals surface area contributed by atoms with E-state index in [2.05, 4.69) is 5.43 Å². The molecule has 1 aliphatic rings. The summed E-state index contributed by atoms with van der Waals surface area (Å²) in [6.45, 7) is 1.91. The van der Waals surface area contributed by atoms with E-state index in [9.17, 15) is 18.0 Å². The van der Waals surface area contributed by atoms with Crippen molar-refractivity contribution >= 4 is 16.7 Å². The van der Waals surface area contributed by atoms with Gasteiger partial charge < -0.3 is 0 Å². The zero-order chi connectivity index (χ0) is 15.9. The normalized spacial score (nSPS) is 17.7. The van der Waals surface area contributed by atoms with Gasteiger partial charge >= 0.3 is 6.18 Å². The van der Waals surface area contributed by atoms with Crippen LogP contribution >= 0.6 is 0 Å². The number of hydrazine groups is 1. The van der Waals surface area contributed by atoms with Crippen LogP contribution in [0.2, 0.25) is 0 Å². The number of nitrogens with one attached hydrogen (secondary N) is 1. The summed E-state index contributed by atoms with van der Waals surface area (Å²) in [4.78, 5) is 11.3. The number of aryl methyl sites for hydroxylation is 1. The topological polar surface area (TPSA) is 32.3 Å². The molecule has 2 aromatic rings. The number of carbonyl (C=O) groups excluding carboxylic acids is 1. The fraction of sp³-hybridized carbons (Fsp3) is 0.312. The molecule has 0 bridgehead atoms. The van der Waals surface area contributed by atoms with Crippen molar-refractivity contribution in [3.63, 3.8) is 0 Å². The maximum atomic E-state index is 13.6. The molecule has 1 heterocycles. The van der Waals surface area contributed by atoms with Gasteiger partial charge in [-0.1, -0.05) is 36.4 Å². The zero-order valence-corrected chi connectivity index (χ0v) is 11.9. The van der Waals surface area contributed by atoms with Crippen molar-refractivity contribution in [3.8, 4) is 0 Å². The molecule has 1 amide bonds. The van der Waals surface area contributed by atoms with Crippen molar-refractivity contribution in [1.29, 1.82) is 0 Å². The SMILES string of the molecule is Cc1cccc2c(C(N3CCC(=O)N3)C(F)(F)F)cccc12. The molecule has 22 heavy (non-hydrogen) atoms. The van der Waals surface area contributed by atoms with Crippen LogP contribution in [0.3, 0.4) is 0 Å². The first kappa shape index (κ1) is 14.8. The second-order valence-corrected chi connectivity index (χ2v) is 5.44. The molecular formula is C16H15F3N2O. The molecule has 0 aromatic heterocycles. The van der Waals surface area contributed by atoms with Crippen molar-refractivity contribution in [1.82, 2.24) is 10.4 Å². The minimum absolute atomic E-state index is 0.0468. The fourth-order valence-corrected chi connectivity index (χ4v) is 2.94. The van der Waals surface area contributed by atoms with Gasteiger partial charge in [0.25, 0.3) is 0 Å². The summed E-state index contributed by atoms with van der Waals surface area (Å²) in [5.41, 5.74) is 3.40. The van der Waals surface area contributed by atoms with E-state index in [1.54, 1.807) is 18.2 Å². The van der Waals surface area contributed by atoms with Gasteiger partial charge in [-0.25, -0.2) is 5.01 Å². The van der Waals surface area contributed by atoms with Crippen LogP contribution in [0.25, 0.3) is 10.8 Å². The third-order valence-corrected chi connectivity index (χ3v) is 3.94. The molecule has 0 aliphatic carbocycles.